The minimum Gasteiger partial charge on any atom is -0.438 e. The molecular formula is C16H18ClN3O. The van der Waals surface area contributed by atoms with Crippen LogP contribution in [0.2, 0.25) is 5.02 Å². The van der Waals surface area contributed by atoms with E-state index < -0.39 is 0 Å². The van der Waals surface area contributed by atoms with Crippen molar-refractivity contribution < 1.29 is 4.74 Å². The lowest BCUT2D eigenvalue weighted by molar-refractivity contribution is 0.463. The molecule has 0 bridgehead atoms. The fourth-order valence-corrected chi connectivity index (χ4v) is 2.17. The van der Waals surface area contributed by atoms with E-state index >= 15 is 0 Å². The Hall–Kier alpha value is -2.07. The van der Waals surface area contributed by atoms with Crippen molar-refractivity contribution >= 4 is 17.4 Å². The predicted octanol–water partition coefficient (Wildman–Crippen LogP) is 4.15. The van der Waals surface area contributed by atoms with E-state index in [0.717, 1.165) is 6.42 Å². The number of nitrogens with zero attached hydrogens (tertiary/aromatic N) is 1. The topological polar surface area (TPSA) is 72.0 Å². The Labute approximate surface area is 129 Å². The summed E-state index contributed by atoms with van der Waals surface area (Å²) < 4.78 is 5.66. The van der Waals surface area contributed by atoms with Gasteiger partial charge in [0.1, 0.15) is 16.6 Å². The number of nitrogens with two attached hydrogens (primary N) is 1. The maximum atomic E-state index is 7.46. The van der Waals surface area contributed by atoms with Crippen LogP contribution < -0.4 is 10.5 Å². The van der Waals surface area contributed by atoms with Gasteiger partial charge in [0.05, 0.1) is 0 Å². The van der Waals surface area contributed by atoms with Gasteiger partial charge in [-0.1, -0.05) is 37.1 Å². The molecule has 0 aliphatic carbocycles. The van der Waals surface area contributed by atoms with Crippen LogP contribution in [0.15, 0.2) is 36.5 Å². The van der Waals surface area contributed by atoms with E-state index in [4.69, 9.17) is 27.5 Å². The highest BCUT2D eigenvalue weighted by Gasteiger charge is 2.11. The molecule has 0 aliphatic heterocycles. The number of rotatable bonds is 6. The van der Waals surface area contributed by atoms with Crippen LogP contribution in [-0.4, -0.2) is 10.8 Å². The smallest absolute Gasteiger partial charge is 0.238 e. The summed E-state index contributed by atoms with van der Waals surface area (Å²) in [7, 11) is 0. The summed E-state index contributed by atoms with van der Waals surface area (Å²) in [5, 5.41) is 7.71. The van der Waals surface area contributed by atoms with E-state index in [2.05, 4.69) is 11.9 Å². The van der Waals surface area contributed by atoms with Gasteiger partial charge >= 0.3 is 0 Å². The number of benzene rings is 1. The van der Waals surface area contributed by atoms with Crippen LogP contribution in [0, 0.1) is 5.41 Å². The number of halogens is 1. The average Bonchev–Trinajstić information content (AvgIpc) is 2.48. The van der Waals surface area contributed by atoms with Crippen molar-refractivity contribution in [2.45, 2.75) is 26.2 Å². The fourth-order valence-electron chi connectivity index (χ4n) is 1.92. The standard InChI is InChI=1S/C16H18ClN3O/c1-2-3-4-11-5-7-12(8-6-11)21-16-14(17)13(15(18)19)9-10-20-16/h5-10H,2-4H2,1H3,(H3,18,19). The monoisotopic (exact) mass is 303 g/mol. The number of hydrogen-bond donors (Lipinski definition) is 2. The lowest BCUT2D eigenvalue weighted by Gasteiger charge is -2.09. The van der Waals surface area contributed by atoms with Crippen molar-refractivity contribution in [3.8, 4) is 11.6 Å². The summed E-state index contributed by atoms with van der Waals surface area (Å²) in [6.07, 6.45) is 4.94. The molecule has 1 aromatic heterocycles. The highest BCUT2D eigenvalue weighted by molar-refractivity contribution is 6.35. The first kappa shape index (κ1) is 15.3. The SMILES string of the molecule is CCCCc1ccc(Oc2nccc(C(=N)N)c2Cl)cc1. The second kappa shape index (κ2) is 7.09. The molecular weight excluding hydrogens is 286 g/mol. The normalized spacial score (nSPS) is 10.4. The van der Waals surface area contributed by atoms with Crippen LogP contribution >= 0.6 is 11.6 Å². The van der Waals surface area contributed by atoms with Crippen molar-refractivity contribution in [3.05, 3.63) is 52.7 Å². The Morgan fingerprint density at radius 1 is 1.29 bits per heavy atom. The summed E-state index contributed by atoms with van der Waals surface area (Å²) >= 11 is 6.15. The van der Waals surface area contributed by atoms with Gasteiger partial charge in [-0.3, -0.25) is 5.41 Å². The lowest BCUT2D eigenvalue weighted by atomic mass is 10.1. The molecule has 21 heavy (non-hydrogen) atoms. The fraction of sp³-hybridized carbons (Fsp3) is 0.250. The zero-order valence-corrected chi connectivity index (χ0v) is 12.7. The van der Waals surface area contributed by atoms with E-state index in [1.165, 1.54) is 24.6 Å². The van der Waals surface area contributed by atoms with E-state index in [0.29, 0.717) is 11.3 Å². The number of pyridine rings is 1. The largest absolute Gasteiger partial charge is 0.438 e. The first-order chi connectivity index (χ1) is 10.1. The number of amidine groups is 1. The molecule has 3 N–H and O–H groups in total. The summed E-state index contributed by atoms with van der Waals surface area (Å²) in [5.41, 5.74) is 7.15. The van der Waals surface area contributed by atoms with Crippen LogP contribution in [-0.2, 0) is 6.42 Å². The van der Waals surface area contributed by atoms with Gasteiger partial charge in [-0.25, -0.2) is 4.98 Å². The highest BCUT2D eigenvalue weighted by Crippen LogP contribution is 2.29. The van der Waals surface area contributed by atoms with Crippen molar-refractivity contribution in [2.75, 3.05) is 0 Å². The van der Waals surface area contributed by atoms with Gasteiger partial charge in [-0.2, -0.15) is 0 Å². The van der Waals surface area contributed by atoms with Gasteiger partial charge in [-0.05, 0) is 36.6 Å². The van der Waals surface area contributed by atoms with Crippen LogP contribution in [0.1, 0.15) is 30.9 Å². The Balaban J connectivity index is 2.15. The van der Waals surface area contributed by atoms with Gasteiger partial charge in [0, 0.05) is 11.8 Å². The van der Waals surface area contributed by atoms with Crippen LogP contribution in [0.25, 0.3) is 0 Å². The minimum absolute atomic E-state index is 0.109. The zero-order chi connectivity index (χ0) is 15.2. The molecule has 1 heterocycles. The quantitative estimate of drug-likeness (QED) is 0.622. The molecule has 0 unspecified atom stereocenters. The third kappa shape index (κ3) is 3.95. The molecule has 0 amide bonds. The molecule has 2 aromatic rings. The molecule has 0 spiro atoms. The third-order valence-electron chi connectivity index (χ3n) is 3.10. The van der Waals surface area contributed by atoms with Crippen molar-refractivity contribution in [1.29, 1.82) is 5.41 Å². The second-order valence-corrected chi connectivity index (χ2v) is 5.12. The maximum Gasteiger partial charge on any atom is 0.238 e. The number of nitrogen functional groups attached to an aromatic ring is 1. The van der Waals surface area contributed by atoms with E-state index in [1.54, 1.807) is 6.07 Å². The minimum atomic E-state index is -0.109. The summed E-state index contributed by atoms with van der Waals surface area (Å²) in [5.74, 6) is 0.804. The first-order valence-electron chi connectivity index (χ1n) is 6.87. The molecule has 2 rings (SSSR count). The van der Waals surface area contributed by atoms with Crippen LogP contribution in [0.5, 0.6) is 11.6 Å². The lowest BCUT2D eigenvalue weighted by Crippen LogP contribution is -2.12. The highest BCUT2D eigenvalue weighted by atomic mass is 35.5. The maximum absolute atomic E-state index is 7.46. The summed E-state index contributed by atoms with van der Waals surface area (Å²) in [6.45, 7) is 2.17. The number of hydrogen-bond acceptors (Lipinski definition) is 3. The second-order valence-electron chi connectivity index (χ2n) is 4.74. The Kier molecular flexibility index (Phi) is 5.17. The van der Waals surface area contributed by atoms with Gasteiger partial charge in [0.25, 0.3) is 0 Å². The van der Waals surface area contributed by atoms with E-state index in [9.17, 15) is 0 Å². The van der Waals surface area contributed by atoms with Gasteiger partial charge in [0.2, 0.25) is 5.88 Å². The number of unbranched alkanes of at least 4 members (excludes halogenated alkanes) is 1. The van der Waals surface area contributed by atoms with Gasteiger partial charge < -0.3 is 10.5 Å². The molecule has 4 nitrogen and oxygen atoms in total. The van der Waals surface area contributed by atoms with Crippen LogP contribution in [0.4, 0.5) is 0 Å². The predicted molar refractivity (Wildman–Crippen MR) is 85.4 cm³/mol. The number of ether oxygens (including phenoxy) is 1. The Morgan fingerprint density at radius 2 is 2.00 bits per heavy atom. The van der Waals surface area contributed by atoms with Gasteiger partial charge in [-0.15, -0.1) is 0 Å². The first-order valence-corrected chi connectivity index (χ1v) is 7.25. The molecule has 110 valence electrons. The van der Waals surface area contributed by atoms with E-state index in [-0.39, 0.29) is 16.7 Å². The molecule has 0 saturated heterocycles. The molecule has 0 aliphatic rings. The summed E-state index contributed by atoms with van der Waals surface area (Å²) in [4.78, 5) is 4.08. The molecule has 0 fully saturated rings. The molecule has 0 saturated carbocycles. The van der Waals surface area contributed by atoms with Gasteiger partial charge in [0.15, 0.2) is 0 Å². The summed E-state index contributed by atoms with van der Waals surface area (Å²) in [6, 6.07) is 9.44. The number of aromatic nitrogens is 1. The van der Waals surface area contributed by atoms with Crippen molar-refractivity contribution in [1.82, 2.24) is 4.98 Å². The van der Waals surface area contributed by atoms with Crippen LogP contribution in [0.3, 0.4) is 0 Å². The molecule has 5 heteroatoms. The Morgan fingerprint density at radius 3 is 2.62 bits per heavy atom. The Bertz CT molecular complexity index is 626. The molecule has 0 atom stereocenters. The molecule has 1 aromatic carbocycles. The molecule has 0 radical (unpaired) electrons. The van der Waals surface area contributed by atoms with Crippen molar-refractivity contribution in [3.63, 3.8) is 0 Å². The number of nitrogens with one attached hydrogen (secondary N) is 1. The average molecular weight is 304 g/mol. The third-order valence-corrected chi connectivity index (χ3v) is 3.47. The van der Waals surface area contributed by atoms with Crippen molar-refractivity contribution in [2.24, 2.45) is 5.73 Å². The number of aryl methyl sites for hydroxylation is 1. The zero-order valence-electron chi connectivity index (χ0n) is 11.9. The van der Waals surface area contributed by atoms with E-state index in [1.807, 2.05) is 24.3 Å².